The molecule has 0 saturated carbocycles. The number of benzene rings is 1. The Hall–Kier alpha value is -1.61. The third-order valence-electron chi connectivity index (χ3n) is 2.31. The van der Waals surface area contributed by atoms with Gasteiger partial charge in [0.15, 0.2) is 5.43 Å². The Morgan fingerprint density at radius 3 is 2.62 bits per heavy atom. The largest absolute Gasteiger partial charge is 0.288 e. The second kappa shape index (κ2) is 4.49. The van der Waals surface area contributed by atoms with E-state index in [9.17, 15) is 4.79 Å². The lowest BCUT2D eigenvalue weighted by Gasteiger charge is -2.09. The molecule has 2 rings (SSSR count). The second-order valence-electron chi connectivity index (χ2n) is 3.42. The highest BCUT2D eigenvalue weighted by atomic mass is 35.5. The summed E-state index contributed by atoms with van der Waals surface area (Å²) in [6.45, 7) is 1.99. The summed E-state index contributed by atoms with van der Waals surface area (Å²) in [6.07, 6.45) is 2.07. The quantitative estimate of drug-likeness (QED) is 0.800. The average molecular weight is 235 g/mol. The Morgan fingerprint density at radius 2 is 2.00 bits per heavy atom. The molecule has 82 valence electrons. The molecular formula is C12H11ClN2O. The first kappa shape index (κ1) is 10.9. The van der Waals surface area contributed by atoms with Crippen molar-refractivity contribution in [3.8, 4) is 5.69 Å². The molecule has 0 bridgehead atoms. The summed E-state index contributed by atoms with van der Waals surface area (Å²) in [4.78, 5) is 11.2. The van der Waals surface area contributed by atoms with E-state index in [0.29, 0.717) is 5.02 Å². The van der Waals surface area contributed by atoms with Gasteiger partial charge in [0.25, 0.3) is 0 Å². The molecule has 0 atom stereocenters. The smallest absolute Gasteiger partial charge is 0.200 e. The van der Waals surface area contributed by atoms with Gasteiger partial charge in [-0.2, -0.15) is 5.10 Å². The molecule has 0 unspecified atom stereocenters. The second-order valence-corrected chi connectivity index (χ2v) is 3.86. The van der Waals surface area contributed by atoms with Gasteiger partial charge in [0, 0.05) is 16.8 Å². The Balaban J connectivity index is 2.55. The van der Waals surface area contributed by atoms with E-state index in [1.54, 1.807) is 22.9 Å². The number of rotatable bonds is 2. The van der Waals surface area contributed by atoms with Gasteiger partial charge in [0.2, 0.25) is 0 Å². The molecule has 0 aliphatic heterocycles. The Kier molecular flexibility index (Phi) is 3.06. The zero-order valence-electron chi connectivity index (χ0n) is 8.85. The van der Waals surface area contributed by atoms with Gasteiger partial charge in [-0.3, -0.25) is 4.79 Å². The van der Waals surface area contributed by atoms with E-state index >= 15 is 0 Å². The van der Waals surface area contributed by atoms with Crippen LogP contribution in [-0.4, -0.2) is 9.78 Å². The van der Waals surface area contributed by atoms with Crippen LogP contribution in [0.4, 0.5) is 0 Å². The fraction of sp³-hybridized carbons (Fsp3) is 0.167. The average Bonchev–Trinajstić information content (AvgIpc) is 2.30. The van der Waals surface area contributed by atoms with Gasteiger partial charge in [-0.1, -0.05) is 18.5 Å². The number of nitrogens with zero attached hydrogens (tertiary/aromatic N) is 2. The van der Waals surface area contributed by atoms with Crippen molar-refractivity contribution < 1.29 is 0 Å². The van der Waals surface area contributed by atoms with Crippen LogP contribution in [0.5, 0.6) is 0 Å². The highest BCUT2D eigenvalue weighted by molar-refractivity contribution is 6.30. The molecule has 16 heavy (non-hydrogen) atoms. The van der Waals surface area contributed by atoms with Crippen molar-refractivity contribution in [2.75, 3.05) is 0 Å². The molecule has 0 aliphatic rings. The maximum absolute atomic E-state index is 11.2. The molecule has 0 spiro atoms. The minimum atomic E-state index is -0.0675. The summed E-state index contributed by atoms with van der Waals surface area (Å²) in [5.41, 5.74) is 1.72. The summed E-state index contributed by atoms with van der Waals surface area (Å²) >= 11 is 5.82. The molecule has 0 amide bonds. The van der Waals surface area contributed by atoms with Crippen LogP contribution >= 0.6 is 11.6 Å². The summed E-state index contributed by atoms with van der Waals surface area (Å²) < 4.78 is 1.75. The Bertz CT molecular complexity index is 546. The van der Waals surface area contributed by atoms with Crippen LogP contribution in [0.15, 0.2) is 41.3 Å². The highest BCUT2D eigenvalue weighted by Gasteiger charge is 2.02. The van der Waals surface area contributed by atoms with Crippen LogP contribution in [0.3, 0.4) is 0 Å². The minimum Gasteiger partial charge on any atom is -0.288 e. The molecule has 1 heterocycles. The molecular weight excluding hydrogens is 224 g/mol. The van der Waals surface area contributed by atoms with Crippen LogP contribution in [0.2, 0.25) is 5.02 Å². The number of hydrogen-bond acceptors (Lipinski definition) is 2. The van der Waals surface area contributed by atoms with E-state index < -0.39 is 0 Å². The van der Waals surface area contributed by atoms with Crippen LogP contribution in [-0.2, 0) is 6.42 Å². The predicted octanol–water partition coefficient (Wildman–Crippen LogP) is 2.45. The molecule has 1 aromatic heterocycles. The molecule has 0 N–H and O–H groups in total. The van der Waals surface area contributed by atoms with E-state index in [1.165, 1.54) is 6.20 Å². The van der Waals surface area contributed by atoms with Gasteiger partial charge in [0.05, 0.1) is 11.9 Å². The molecule has 0 radical (unpaired) electrons. The van der Waals surface area contributed by atoms with Gasteiger partial charge in [-0.25, -0.2) is 4.68 Å². The zero-order chi connectivity index (χ0) is 11.5. The number of aryl methyl sites for hydroxylation is 1. The summed E-state index contributed by atoms with van der Waals surface area (Å²) in [5, 5.41) is 4.79. The summed E-state index contributed by atoms with van der Waals surface area (Å²) in [7, 11) is 0. The molecule has 1 aromatic carbocycles. The maximum Gasteiger partial charge on any atom is 0.200 e. The van der Waals surface area contributed by atoms with E-state index in [1.807, 2.05) is 19.1 Å². The fourth-order valence-electron chi connectivity index (χ4n) is 1.52. The Labute approximate surface area is 98.3 Å². The van der Waals surface area contributed by atoms with E-state index in [4.69, 9.17) is 11.6 Å². The molecule has 0 fully saturated rings. The number of hydrogen-bond donors (Lipinski definition) is 0. The van der Waals surface area contributed by atoms with Crippen molar-refractivity contribution in [2.24, 2.45) is 0 Å². The highest BCUT2D eigenvalue weighted by Crippen LogP contribution is 2.13. The van der Waals surface area contributed by atoms with Crippen LogP contribution in [0.25, 0.3) is 5.69 Å². The zero-order valence-corrected chi connectivity index (χ0v) is 9.61. The van der Waals surface area contributed by atoms with E-state index in [2.05, 4.69) is 5.10 Å². The number of aromatic nitrogens is 2. The van der Waals surface area contributed by atoms with Crippen molar-refractivity contribution in [1.29, 1.82) is 0 Å². The van der Waals surface area contributed by atoms with Gasteiger partial charge in [-0.05, 0) is 30.7 Å². The first-order valence-corrected chi connectivity index (χ1v) is 5.42. The molecule has 4 heteroatoms. The Morgan fingerprint density at radius 1 is 1.31 bits per heavy atom. The van der Waals surface area contributed by atoms with Crippen molar-refractivity contribution in [2.45, 2.75) is 13.3 Å². The predicted molar refractivity (Wildman–Crippen MR) is 64.2 cm³/mol. The molecule has 0 aliphatic carbocycles. The van der Waals surface area contributed by atoms with Gasteiger partial charge in [0.1, 0.15) is 0 Å². The standard InChI is InChI=1S/C12H11ClN2O/c1-2-10-7-12(16)8-14-15(10)11-5-3-9(13)4-6-11/h3-8H,2H2,1H3. The van der Waals surface area contributed by atoms with Crippen molar-refractivity contribution in [3.63, 3.8) is 0 Å². The third-order valence-corrected chi connectivity index (χ3v) is 2.57. The maximum atomic E-state index is 11.2. The number of halogens is 1. The first-order chi connectivity index (χ1) is 7.70. The normalized spacial score (nSPS) is 10.4. The minimum absolute atomic E-state index is 0.0675. The SMILES string of the molecule is CCc1cc(=O)cnn1-c1ccc(Cl)cc1. The molecule has 3 nitrogen and oxygen atoms in total. The van der Waals surface area contributed by atoms with Crippen LogP contribution in [0, 0.1) is 0 Å². The summed E-state index contributed by atoms with van der Waals surface area (Å²) in [5.74, 6) is 0. The van der Waals surface area contributed by atoms with Gasteiger partial charge in [-0.15, -0.1) is 0 Å². The van der Waals surface area contributed by atoms with Crippen molar-refractivity contribution in [1.82, 2.24) is 9.78 Å². The van der Waals surface area contributed by atoms with Crippen LogP contribution in [0.1, 0.15) is 12.6 Å². The monoisotopic (exact) mass is 234 g/mol. The van der Waals surface area contributed by atoms with Crippen molar-refractivity contribution in [3.05, 3.63) is 57.5 Å². The molecule has 2 aromatic rings. The molecule has 0 saturated heterocycles. The lowest BCUT2D eigenvalue weighted by atomic mass is 10.2. The first-order valence-electron chi connectivity index (χ1n) is 5.05. The van der Waals surface area contributed by atoms with Gasteiger partial charge < -0.3 is 0 Å². The third kappa shape index (κ3) is 2.14. The van der Waals surface area contributed by atoms with Gasteiger partial charge >= 0.3 is 0 Å². The van der Waals surface area contributed by atoms with E-state index in [0.717, 1.165) is 17.8 Å². The fourth-order valence-corrected chi connectivity index (χ4v) is 1.64. The van der Waals surface area contributed by atoms with E-state index in [-0.39, 0.29) is 5.43 Å². The lowest BCUT2D eigenvalue weighted by molar-refractivity contribution is 0.768. The summed E-state index contributed by atoms with van der Waals surface area (Å²) in [6, 6.07) is 8.95. The topological polar surface area (TPSA) is 34.9 Å². The van der Waals surface area contributed by atoms with Crippen molar-refractivity contribution >= 4 is 11.6 Å². The van der Waals surface area contributed by atoms with Crippen LogP contribution < -0.4 is 5.43 Å². The lowest BCUT2D eigenvalue weighted by Crippen LogP contribution is -2.13.